The molecule has 1 rings (SSSR count). The molecule has 2 heteroatoms. The fraction of sp³-hybridized carbons (Fsp3) is 0.333. The van der Waals surface area contributed by atoms with Crippen LogP contribution in [0.2, 0.25) is 0 Å². The summed E-state index contributed by atoms with van der Waals surface area (Å²) in [6.45, 7) is 0.960. The highest BCUT2D eigenvalue weighted by atomic mass is 127. The number of rotatable bonds is 3. The minimum absolute atomic E-state index is 0.960. The van der Waals surface area contributed by atoms with Crippen LogP contribution in [0.3, 0.4) is 0 Å². The molecule has 1 nitrogen and oxygen atoms in total. The van der Waals surface area contributed by atoms with Crippen molar-refractivity contribution in [3.63, 3.8) is 0 Å². The molecule has 1 aromatic carbocycles. The van der Waals surface area contributed by atoms with Gasteiger partial charge in [-0.3, -0.25) is 0 Å². The van der Waals surface area contributed by atoms with Gasteiger partial charge in [0.15, 0.2) is 0 Å². The minimum Gasteiger partial charge on any atom is -0.316 e. The van der Waals surface area contributed by atoms with Gasteiger partial charge in [-0.25, -0.2) is 0 Å². The molecular formula is C9H12IN. The van der Waals surface area contributed by atoms with Crippen molar-refractivity contribution in [1.82, 2.24) is 5.32 Å². The number of hydrogen-bond acceptors (Lipinski definition) is 1. The first-order chi connectivity index (χ1) is 5.36. The van der Waals surface area contributed by atoms with E-state index in [1.54, 1.807) is 0 Å². The van der Waals surface area contributed by atoms with E-state index >= 15 is 0 Å². The zero-order chi connectivity index (χ0) is 8.10. The molecule has 60 valence electrons. The third-order valence-electron chi connectivity index (χ3n) is 1.56. The maximum Gasteiger partial charge on any atom is 0.0247 e. The first kappa shape index (κ1) is 9.00. The van der Waals surface area contributed by atoms with E-state index in [1.807, 2.05) is 7.05 Å². The average molecular weight is 261 g/mol. The molecule has 0 atom stereocenters. The van der Waals surface area contributed by atoms with Crippen molar-refractivity contribution in [2.45, 2.75) is 11.0 Å². The van der Waals surface area contributed by atoms with Crippen LogP contribution in [0.15, 0.2) is 24.3 Å². The smallest absolute Gasteiger partial charge is 0.0247 e. The zero-order valence-corrected chi connectivity index (χ0v) is 8.76. The molecular weight excluding hydrogens is 249 g/mol. The molecule has 1 aromatic rings. The lowest BCUT2D eigenvalue weighted by molar-refractivity contribution is 0.817. The molecule has 11 heavy (non-hydrogen) atoms. The molecule has 1 N–H and O–H groups in total. The first-order valence-electron chi connectivity index (χ1n) is 3.65. The molecule has 0 aromatic heterocycles. The largest absolute Gasteiger partial charge is 0.316 e. The van der Waals surface area contributed by atoms with Crippen LogP contribution in [0.1, 0.15) is 11.1 Å². The summed E-state index contributed by atoms with van der Waals surface area (Å²) in [6, 6.07) is 8.70. The summed E-state index contributed by atoms with van der Waals surface area (Å²) in [6.07, 6.45) is 0. The molecule has 0 radical (unpaired) electrons. The SMILES string of the molecule is CNCc1ccc(CI)cc1. The summed E-state index contributed by atoms with van der Waals surface area (Å²) in [5.74, 6) is 0. The molecule has 0 saturated heterocycles. The van der Waals surface area contributed by atoms with Crippen LogP contribution in [0, 0.1) is 0 Å². The molecule has 0 bridgehead atoms. The lowest BCUT2D eigenvalue weighted by Gasteiger charge is -2.00. The number of benzene rings is 1. The quantitative estimate of drug-likeness (QED) is 0.650. The van der Waals surface area contributed by atoms with Crippen LogP contribution >= 0.6 is 22.6 Å². The van der Waals surface area contributed by atoms with Crippen LogP contribution in [-0.4, -0.2) is 7.05 Å². The van der Waals surface area contributed by atoms with E-state index in [4.69, 9.17) is 0 Å². The van der Waals surface area contributed by atoms with Crippen molar-refractivity contribution >= 4 is 22.6 Å². The Morgan fingerprint density at radius 3 is 2.18 bits per heavy atom. The highest BCUT2D eigenvalue weighted by molar-refractivity contribution is 14.1. The van der Waals surface area contributed by atoms with E-state index in [0.717, 1.165) is 11.0 Å². The Bertz CT molecular complexity index is 205. The summed E-state index contributed by atoms with van der Waals surface area (Å²) in [7, 11) is 1.96. The van der Waals surface area contributed by atoms with Gasteiger partial charge in [-0.05, 0) is 18.2 Å². The minimum atomic E-state index is 0.960. The van der Waals surface area contributed by atoms with Crippen LogP contribution in [-0.2, 0) is 11.0 Å². The molecule has 0 spiro atoms. The van der Waals surface area contributed by atoms with Crippen LogP contribution in [0.5, 0.6) is 0 Å². The molecule has 0 saturated carbocycles. The lowest BCUT2D eigenvalue weighted by Crippen LogP contribution is -2.04. The average Bonchev–Trinajstić information content (AvgIpc) is 2.07. The molecule has 0 aliphatic rings. The topological polar surface area (TPSA) is 12.0 Å². The number of alkyl halides is 1. The van der Waals surface area contributed by atoms with Crippen molar-refractivity contribution < 1.29 is 0 Å². The Labute approximate surface area is 81.3 Å². The van der Waals surface area contributed by atoms with Crippen LogP contribution in [0.25, 0.3) is 0 Å². The zero-order valence-electron chi connectivity index (χ0n) is 6.60. The Morgan fingerprint density at radius 2 is 1.73 bits per heavy atom. The van der Waals surface area contributed by atoms with Gasteiger partial charge in [0, 0.05) is 11.0 Å². The Morgan fingerprint density at radius 1 is 1.18 bits per heavy atom. The van der Waals surface area contributed by atoms with E-state index < -0.39 is 0 Å². The second-order valence-corrected chi connectivity index (χ2v) is 3.24. The maximum absolute atomic E-state index is 3.12. The Balaban J connectivity index is 2.66. The van der Waals surface area contributed by atoms with E-state index in [0.29, 0.717) is 0 Å². The first-order valence-corrected chi connectivity index (χ1v) is 5.17. The van der Waals surface area contributed by atoms with Crippen molar-refractivity contribution in [3.8, 4) is 0 Å². The van der Waals surface area contributed by atoms with Crippen LogP contribution in [0.4, 0.5) is 0 Å². The summed E-state index contributed by atoms with van der Waals surface area (Å²) in [4.78, 5) is 0. The van der Waals surface area contributed by atoms with Gasteiger partial charge in [0.25, 0.3) is 0 Å². The predicted molar refractivity (Wildman–Crippen MR) is 56.9 cm³/mol. The van der Waals surface area contributed by atoms with E-state index in [9.17, 15) is 0 Å². The summed E-state index contributed by atoms with van der Waals surface area (Å²) < 4.78 is 1.09. The summed E-state index contributed by atoms with van der Waals surface area (Å²) in [5, 5.41) is 3.12. The van der Waals surface area contributed by atoms with Gasteiger partial charge in [-0.2, -0.15) is 0 Å². The van der Waals surface area contributed by atoms with Crippen LogP contribution < -0.4 is 5.32 Å². The normalized spacial score (nSPS) is 10.0. The molecule has 0 aliphatic carbocycles. The fourth-order valence-electron chi connectivity index (χ4n) is 0.950. The molecule has 0 heterocycles. The lowest BCUT2D eigenvalue weighted by atomic mass is 10.1. The molecule has 0 unspecified atom stereocenters. The highest BCUT2D eigenvalue weighted by Crippen LogP contribution is 2.07. The summed E-state index contributed by atoms with van der Waals surface area (Å²) >= 11 is 2.37. The Kier molecular flexibility index (Phi) is 3.86. The maximum atomic E-state index is 3.12. The van der Waals surface area contributed by atoms with Crippen molar-refractivity contribution in [1.29, 1.82) is 0 Å². The van der Waals surface area contributed by atoms with E-state index in [1.165, 1.54) is 11.1 Å². The van der Waals surface area contributed by atoms with Gasteiger partial charge in [0.05, 0.1) is 0 Å². The molecule has 0 aliphatic heterocycles. The Hall–Kier alpha value is -0.0900. The highest BCUT2D eigenvalue weighted by Gasteiger charge is 1.90. The second kappa shape index (κ2) is 4.72. The number of halogens is 1. The van der Waals surface area contributed by atoms with Gasteiger partial charge in [0.2, 0.25) is 0 Å². The molecule has 0 fully saturated rings. The third kappa shape index (κ3) is 2.79. The third-order valence-corrected chi connectivity index (χ3v) is 2.44. The monoisotopic (exact) mass is 261 g/mol. The van der Waals surface area contributed by atoms with E-state index in [-0.39, 0.29) is 0 Å². The van der Waals surface area contributed by atoms with Gasteiger partial charge in [-0.1, -0.05) is 46.9 Å². The van der Waals surface area contributed by atoms with Crippen molar-refractivity contribution in [3.05, 3.63) is 35.4 Å². The number of nitrogens with one attached hydrogen (secondary N) is 1. The standard InChI is InChI=1S/C9H12IN/c1-11-7-9-4-2-8(6-10)3-5-9/h2-5,11H,6-7H2,1H3. The molecule has 0 amide bonds. The summed E-state index contributed by atoms with van der Waals surface area (Å²) in [5.41, 5.74) is 2.74. The van der Waals surface area contributed by atoms with E-state index in [2.05, 4.69) is 52.2 Å². The van der Waals surface area contributed by atoms with Crippen molar-refractivity contribution in [2.24, 2.45) is 0 Å². The fourth-order valence-corrected chi connectivity index (χ4v) is 1.46. The van der Waals surface area contributed by atoms with Gasteiger partial charge < -0.3 is 5.32 Å². The predicted octanol–water partition coefficient (Wildman–Crippen LogP) is 2.34. The van der Waals surface area contributed by atoms with Gasteiger partial charge >= 0.3 is 0 Å². The van der Waals surface area contributed by atoms with Gasteiger partial charge in [-0.15, -0.1) is 0 Å². The van der Waals surface area contributed by atoms with Gasteiger partial charge in [0.1, 0.15) is 0 Å². The number of hydrogen-bond donors (Lipinski definition) is 1. The second-order valence-electron chi connectivity index (χ2n) is 2.48. The van der Waals surface area contributed by atoms with Crippen molar-refractivity contribution in [2.75, 3.05) is 7.05 Å².